The zero-order chi connectivity index (χ0) is 14.8. The third-order valence-electron chi connectivity index (χ3n) is 6.02. The first-order valence-corrected chi connectivity index (χ1v) is 7.96. The highest BCUT2D eigenvalue weighted by Gasteiger charge is 2.62. The lowest BCUT2D eigenvalue weighted by molar-refractivity contribution is -0.184. The van der Waals surface area contributed by atoms with E-state index in [-0.39, 0.29) is 5.41 Å². The highest BCUT2D eigenvalue weighted by Crippen LogP contribution is 2.61. The number of carbonyl (C=O) groups is 2. The van der Waals surface area contributed by atoms with Gasteiger partial charge in [-0.1, -0.05) is 39.0 Å². The first-order valence-electron chi connectivity index (χ1n) is 7.96. The van der Waals surface area contributed by atoms with Crippen LogP contribution in [0, 0.1) is 16.7 Å². The Bertz CT molecular complexity index is 384. The van der Waals surface area contributed by atoms with Gasteiger partial charge in [0.25, 0.3) is 0 Å². The lowest BCUT2D eigenvalue weighted by atomic mass is 9.47. The third-order valence-corrected chi connectivity index (χ3v) is 6.02. The van der Waals surface area contributed by atoms with Crippen molar-refractivity contribution in [3.05, 3.63) is 0 Å². The quantitative estimate of drug-likeness (QED) is 0.824. The standard InChI is InChI=1S/C16H26O4/c1-2-15(9-5-3-6-10-15)16(14(19)20)11-7-4-8-12(16)13(17)18/h12H,2-11H2,1H3,(H,17,18)(H,19,20). The smallest absolute Gasteiger partial charge is 0.311 e. The molecule has 2 atom stereocenters. The molecule has 0 bridgehead atoms. The van der Waals surface area contributed by atoms with Crippen LogP contribution in [0.2, 0.25) is 0 Å². The van der Waals surface area contributed by atoms with Crippen LogP contribution in [0.5, 0.6) is 0 Å². The van der Waals surface area contributed by atoms with Crippen molar-refractivity contribution in [1.82, 2.24) is 0 Å². The van der Waals surface area contributed by atoms with Crippen molar-refractivity contribution in [2.24, 2.45) is 16.7 Å². The van der Waals surface area contributed by atoms with E-state index in [1.54, 1.807) is 0 Å². The van der Waals surface area contributed by atoms with Gasteiger partial charge in [-0.25, -0.2) is 0 Å². The van der Waals surface area contributed by atoms with Crippen molar-refractivity contribution in [2.75, 3.05) is 0 Å². The average Bonchev–Trinajstić information content (AvgIpc) is 2.47. The first-order chi connectivity index (χ1) is 9.50. The summed E-state index contributed by atoms with van der Waals surface area (Å²) < 4.78 is 0. The molecule has 0 radical (unpaired) electrons. The zero-order valence-electron chi connectivity index (χ0n) is 12.4. The third kappa shape index (κ3) is 2.13. The molecule has 20 heavy (non-hydrogen) atoms. The van der Waals surface area contributed by atoms with Crippen molar-refractivity contribution < 1.29 is 19.8 Å². The molecule has 2 aliphatic carbocycles. The average molecular weight is 282 g/mol. The van der Waals surface area contributed by atoms with E-state index in [0.717, 1.165) is 51.4 Å². The summed E-state index contributed by atoms with van der Waals surface area (Å²) in [6, 6.07) is 0. The fourth-order valence-electron chi connectivity index (χ4n) is 4.97. The van der Waals surface area contributed by atoms with Gasteiger partial charge in [0.2, 0.25) is 0 Å². The molecule has 4 heteroatoms. The molecule has 2 aliphatic rings. The molecule has 0 saturated heterocycles. The van der Waals surface area contributed by atoms with E-state index >= 15 is 0 Å². The number of carboxylic acids is 2. The predicted molar refractivity (Wildman–Crippen MR) is 75.5 cm³/mol. The van der Waals surface area contributed by atoms with Crippen LogP contribution >= 0.6 is 0 Å². The van der Waals surface area contributed by atoms with Crippen LogP contribution in [-0.2, 0) is 9.59 Å². The summed E-state index contributed by atoms with van der Waals surface area (Å²) in [7, 11) is 0. The molecular formula is C16H26O4. The molecular weight excluding hydrogens is 256 g/mol. The van der Waals surface area contributed by atoms with Gasteiger partial charge in [0, 0.05) is 0 Å². The normalized spacial score (nSPS) is 33.5. The summed E-state index contributed by atoms with van der Waals surface area (Å²) in [5.41, 5.74) is -1.37. The summed E-state index contributed by atoms with van der Waals surface area (Å²) in [5.74, 6) is -2.49. The molecule has 0 aromatic rings. The summed E-state index contributed by atoms with van der Waals surface area (Å²) in [6.45, 7) is 2.05. The minimum absolute atomic E-state index is 0.319. The van der Waals surface area contributed by atoms with E-state index < -0.39 is 23.3 Å². The Morgan fingerprint density at radius 3 is 2.10 bits per heavy atom. The second kappa shape index (κ2) is 5.74. The molecule has 2 N–H and O–H groups in total. The lowest BCUT2D eigenvalue weighted by Crippen LogP contribution is -2.56. The van der Waals surface area contributed by atoms with Gasteiger partial charge in [0.1, 0.15) is 0 Å². The number of rotatable bonds is 4. The van der Waals surface area contributed by atoms with Crippen molar-refractivity contribution in [1.29, 1.82) is 0 Å². The van der Waals surface area contributed by atoms with Crippen molar-refractivity contribution in [2.45, 2.75) is 71.1 Å². The highest BCUT2D eigenvalue weighted by atomic mass is 16.4. The first kappa shape index (κ1) is 15.3. The van der Waals surface area contributed by atoms with Gasteiger partial charge in [0.05, 0.1) is 11.3 Å². The number of hydrogen-bond donors (Lipinski definition) is 2. The largest absolute Gasteiger partial charge is 0.481 e. The fourth-order valence-corrected chi connectivity index (χ4v) is 4.97. The predicted octanol–water partition coefficient (Wildman–Crippen LogP) is 3.69. The monoisotopic (exact) mass is 282 g/mol. The molecule has 4 nitrogen and oxygen atoms in total. The molecule has 2 rings (SSSR count). The van der Waals surface area contributed by atoms with Crippen LogP contribution in [0.15, 0.2) is 0 Å². The minimum atomic E-state index is -1.05. The van der Waals surface area contributed by atoms with Gasteiger partial charge in [0.15, 0.2) is 0 Å². The van der Waals surface area contributed by atoms with Crippen LogP contribution in [0.25, 0.3) is 0 Å². The second-order valence-electron chi connectivity index (χ2n) is 6.61. The van der Waals surface area contributed by atoms with E-state index in [4.69, 9.17) is 0 Å². The van der Waals surface area contributed by atoms with E-state index in [1.165, 1.54) is 0 Å². The summed E-state index contributed by atoms with van der Waals surface area (Å²) >= 11 is 0. The topological polar surface area (TPSA) is 74.6 Å². The molecule has 0 aliphatic heterocycles. The molecule has 2 saturated carbocycles. The van der Waals surface area contributed by atoms with Gasteiger partial charge in [-0.2, -0.15) is 0 Å². The Morgan fingerprint density at radius 1 is 1.00 bits per heavy atom. The van der Waals surface area contributed by atoms with E-state index in [2.05, 4.69) is 0 Å². The Kier molecular flexibility index (Phi) is 4.40. The number of hydrogen-bond acceptors (Lipinski definition) is 2. The number of carboxylic acid groups (broad SMARTS) is 2. The van der Waals surface area contributed by atoms with Crippen molar-refractivity contribution in [3.63, 3.8) is 0 Å². The summed E-state index contributed by atoms with van der Waals surface area (Å²) in [5, 5.41) is 19.6. The molecule has 2 fully saturated rings. The Morgan fingerprint density at radius 2 is 1.60 bits per heavy atom. The number of aliphatic carboxylic acids is 2. The molecule has 0 spiro atoms. The molecule has 114 valence electrons. The zero-order valence-corrected chi connectivity index (χ0v) is 12.4. The van der Waals surface area contributed by atoms with Gasteiger partial charge in [-0.15, -0.1) is 0 Å². The Hall–Kier alpha value is -1.06. The van der Waals surface area contributed by atoms with Gasteiger partial charge < -0.3 is 10.2 Å². The molecule has 0 aromatic carbocycles. The maximum absolute atomic E-state index is 12.2. The van der Waals surface area contributed by atoms with Crippen LogP contribution in [-0.4, -0.2) is 22.2 Å². The molecule has 0 heterocycles. The van der Waals surface area contributed by atoms with E-state index in [0.29, 0.717) is 12.8 Å². The van der Waals surface area contributed by atoms with Crippen LogP contribution < -0.4 is 0 Å². The maximum Gasteiger partial charge on any atom is 0.311 e. The minimum Gasteiger partial charge on any atom is -0.481 e. The van der Waals surface area contributed by atoms with Crippen LogP contribution in [0.4, 0.5) is 0 Å². The van der Waals surface area contributed by atoms with Gasteiger partial charge >= 0.3 is 11.9 Å². The van der Waals surface area contributed by atoms with Crippen molar-refractivity contribution >= 4 is 11.9 Å². The SMILES string of the molecule is CCC1(C2(C(=O)O)CCCCC2C(=O)O)CCCCC1. The van der Waals surface area contributed by atoms with Crippen LogP contribution in [0.1, 0.15) is 71.1 Å². The maximum atomic E-state index is 12.2. The van der Waals surface area contributed by atoms with Crippen LogP contribution in [0.3, 0.4) is 0 Å². The van der Waals surface area contributed by atoms with Crippen molar-refractivity contribution in [3.8, 4) is 0 Å². The Labute approximate surface area is 120 Å². The molecule has 2 unspecified atom stereocenters. The summed E-state index contributed by atoms with van der Waals surface area (Å²) in [6.07, 6.45) is 8.49. The lowest BCUT2D eigenvalue weighted by Gasteiger charge is -2.54. The molecule has 0 aromatic heterocycles. The Balaban J connectivity index is 2.50. The van der Waals surface area contributed by atoms with Gasteiger partial charge in [-0.05, 0) is 37.5 Å². The molecule has 0 amide bonds. The fraction of sp³-hybridized carbons (Fsp3) is 0.875. The van der Waals surface area contributed by atoms with E-state index in [9.17, 15) is 19.8 Å². The van der Waals surface area contributed by atoms with Gasteiger partial charge in [-0.3, -0.25) is 9.59 Å². The summed E-state index contributed by atoms with van der Waals surface area (Å²) in [4.78, 5) is 23.9. The van der Waals surface area contributed by atoms with E-state index in [1.807, 2.05) is 6.92 Å². The highest BCUT2D eigenvalue weighted by molar-refractivity contribution is 5.84. The second-order valence-corrected chi connectivity index (χ2v) is 6.61.